The van der Waals surface area contributed by atoms with Gasteiger partial charge in [-0.1, -0.05) is 0 Å². The summed E-state index contributed by atoms with van der Waals surface area (Å²) in [5.74, 6) is -1.40. The smallest absolute Gasteiger partial charge is 0.329 e. The fourth-order valence-electron chi connectivity index (χ4n) is 1.67. The number of hydrogen-bond acceptors (Lipinski definition) is 4. The third-order valence-corrected chi connectivity index (χ3v) is 3.36. The van der Waals surface area contributed by atoms with Crippen molar-refractivity contribution in [3.63, 3.8) is 0 Å². The van der Waals surface area contributed by atoms with Gasteiger partial charge in [-0.05, 0) is 32.4 Å². The van der Waals surface area contributed by atoms with E-state index >= 15 is 0 Å². The summed E-state index contributed by atoms with van der Waals surface area (Å²) in [6.45, 7) is 5.23. The van der Waals surface area contributed by atoms with Crippen LogP contribution in [0.1, 0.15) is 28.3 Å². The Hall–Kier alpha value is -1.40. The fraction of sp³-hybridized carbons (Fsp3) is 0.500. The number of amides is 1. The molecule has 5 nitrogen and oxygen atoms in total. The number of rotatable bonds is 6. The number of hydrogen-bond donors (Lipinski definition) is 2. The topological polar surface area (TPSA) is 75.6 Å². The van der Waals surface area contributed by atoms with Crippen LogP contribution in [0.4, 0.5) is 0 Å². The molecule has 1 heterocycles. The highest BCUT2D eigenvalue weighted by molar-refractivity contribution is 7.12. The predicted molar refractivity (Wildman–Crippen MR) is 68.8 cm³/mol. The molecule has 0 fully saturated rings. The van der Waals surface area contributed by atoms with Crippen molar-refractivity contribution in [3.8, 4) is 0 Å². The van der Waals surface area contributed by atoms with E-state index in [9.17, 15) is 9.59 Å². The zero-order valence-corrected chi connectivity index (χ0v) is 11.5. The van der Waals surface area contributed by atoms with Crippen LogP contribution in [0.3, 0.4) is 0 Å². The number of carboxylic acids is 1. The van der Waals surface area contributed by atoms with Gasteiger partial charge < -0.3 is 15.2 Å². The fourth-order valence-corrected chi connectivity index (χ4v) is 2.69. The predicted octanol–water partition coefficient (Wildman–Crippen LogP) is 1.64. The first-order valence-corrected chi connectivity index (χ1v) is 6.37. The second-order valence-corrected chi connectivity index (χ2v) is 5.50. The molecule has 2 N–H and O–H groups in total. The molecular formula is C12H17NO4S. The van der Waals surface area contributed by atoms with E-state index < -0.39 is 12.6 Å². The Morgan fingerprint density at radius 1 is 1.44 bits per heavy atom. The molecule has 0 saturated carbocycles. The van der Waals surface area contributed by atoms with Crippen LogP contribution in [-0.4, -0.2) is 30.2 Å². The van der Waals surface area contributed by atoms with E-state index in [-0.39, 0.29) is 18.6 Å². The van der Waals surface area contributed by atoms with Crippen LogP contribution in [0.15, 0.2) is 6.07 Å². The van der Waals surface area contributed by atoms with Gasteiger partial charge in [0, 0.05) is 9.75 Å². The molecule has 18 heavy (non-hydrogen) atoms. The van der Waals surface area contributed by atoms with Crippen LogP contribution in [0.25, 0.3) is 0 Å². The molecule has 0 spiro atoms. The standard InChI is InChI=1S/C12H17NO4S/c1-7-4-10(9(3)18-7)8(2)13-11(14)5-17-6-12(15)16/h4,8H,5-6H2,1-3H3,(H,13,14)(H,15,16). The molecule has 0 aliphatic rings. The van der Waals surface area contributed by atoms with E-state index in [0.717, 1.165) is 5.56 Å². The first kappa shape index (κ1) is 14.7. The van der Waals surface area contributed by atoms with Gasteiger partial charge in [0.25, 0.3) is 0 Å². The number of carbonyl (C=O) groups is 2. The summed E-state index contributed by atoms with van der Waals surface area (Å²) in [6.07, 6.45) is 0. The highest BCUT2D eigenvalue weighted by Crippen LogP contribution is 2.25. The third kappa shape index (κ3) is 4.46. The number of aliphatic carboxylic acids is 1. The molecule has 0 aromatic carbocycles. The van der Waals surface area contributed by atoms with Gasteiger partial charge in [0.05, 0.1) is 6.04 Å². The van der Waals surface area contributed by atoms with Gasteiger partial charge >= 0.3 is 5.97 Å². The molecule has 0 aliphatic heterocycles. The second kappa shape index (κ2) is 6.51. The molecule has 1 aromatic heterocycles. The number of aryl methyl sites for hydroxylation is 2. The zero-order valence-electron chi connectivity index (χ0n) is 10.6. The van der Waals surface area contributed by atoms with Gasteiger partial charge in [-0.3, -0.25) is 4.79 Å². The van der Waals surface area contributed by atoms with Gasteiger partial charge in [-0.2, -0.15) is 0 Å². The first-order valence-electron chi connectivity index (χ1n) is 5.56. The average Bonchev–Trinajstić information content (AvgIpc) is 2.57. The van der Waals surface area contributed by atoms with Crippen molar-refractivity contribution < 1.29 is 19.4 Å². The maximum absolute atomic E-state index is 11.5. The number of carboxylic acid groups (broad SMARTS) is 1. The quantitative estimate of drug-likeness (QED) is 0.824. The van der Waals surface area contributed by atoms with Crippen molar-refractivity contribution in [2.24, 2.45) is 0 Å². The van der Waals surface area contributed by atoms with E-state index in [1.54, 1.807) is 11.3 Å². The van der Waals surface area contributed by atoms with Gasteiger partial charge in [-0.25, -0.2) is 4.79 Å². The Morgan fingerprint density at radius 3 is 2.61 bits per heavy atom. The molecule has 6 heteroatoms. The van der Waals surface area contributed by atoms with Crippen LogP contribution in [-0.2, 0) is 14.3 Å². The van der Waals surface area contributed by atoms with E-state index in [2.05, 4.69) is 5.32 Å². The monoisotopic (exact) mass is 271 g/mol. The molecule has 0 saturated heterocycles. The molecule has 0 bridgehead atoms. The zero-order chi connectivity index (χ0) is 13.7. The molecule has 1 aromatic rings. The van der Waals surface area contributed by atoms with Crippen LogP contribution in [0, 0.1) is 13.8 Å². The summed E-state index contributed by atoms with van der Waals surface area (Å²) in [6, 6.07) is 1.94. The van der Waals surface area contributed by atoms with Crippen LogP contribution < -0.4 is 5.32 Å². The molecule has 1 unspecified atom stereocenters. The summed E-state index contributed by atoms with van der Waals surface area (Å²) >= 11 is 1.69. The minimum atomic E-state index is -1.08. The Morgan fingerprint density at radius 2 is 2.11 bits per heavy atom. The average molecular weight is 271 g/mol. The van der Waals surface area contributed by atoms with Gasteiger partial charge in [0.1, 0.15) is 13.2 Å². The first-order chi connectivity index (χ1) is 8.40. The lowest BCUT2D eigenvalue weighted by Crippen LogP contribution is -2.31. The number of carbonyl (C=O) groups excluding carboxylic acids is 1. The molecule has 0 aliphatic carbocycles. The van der Waals surface area contributed by atoms with Gasteiger partial charge in [-0.15, -0.1) is 11.3 Å². The maximum Gasteiger partial charge on any atom is 0.329 e. The van der Waals surface area contributed by atoms with Gasteiger partial charge in [0.15, 0.2) is 0 Å². The molecule has 100 valence electrons. The minimum Gasteiger partial charge on any atom is -0.480 e. The molecule has 1 amide bonds. The summed E-state index contributed by atoms with van der Waals surface area (Å²) in [7, 11) is 0. The van der Waals surface area contributed by atoms with Crippen molar-refractivity contribution in [3.05, 3.63) is 21.4 Å². The van der Waals surface area contributed by atoms with Crippen molar-refractivity contribution in [1.29, 1.82) is 0 Å². The van der Waals surface area contributed by atoms with Crippen LogP contribution in [0.5, 0.6) is 0 Å². The summed E-state index contributed by atoms with van der Waals surface area (Å²) < 4.78 is 4.72. The SMILES string of the molecule is Cc1cc(C(C)NC(=O)COCC(=O)O)c(C)s1. The van der Waals surface area contributed by atoms with Crippen molar-refractivity contribution in [2.75, 3.05) is 13.2 Å². The summed E-state index contributed by atoms with van der Waals surface area (Å²) in [5, 5.41) is 11.1. The van der Waals surface area contributed by atoms with Crippen LogP contribution >= 0.6 is 11.3 Å². The molecule has 1 atom stereocenters. The Labute approximate surface area is 110 Å². The third-order valence-electron chi connectivity index (χ3n) is 2.38. The molecular weight excluding hydrogens is 254 g/mol. The highest BCUT2D eigenvalue weighted by atomic mass is 32.1. The lowest BCUT2D eigenvalue weighted by atomic mass is 10.1. The highest BCUT2D eigenvalue weighted by Gasteiger charge is 2.14. The second-order valence-electron chi connectivity index (χ2n) is 4.04. The number of thiophene rings is 1. The van der Waals surface area contributed by atoms with Crippen molar-refractivity contribution in [2.45, 2.75) is 26.8 Å². The summed E-state index contributed by atoms with van der Waals surface area (Å²) in [5.41, 5.74) is 1.09. The molecule has 1 rings (SSSR count). The van der Waals surface area contributed by atoms with Gasteiger partial charge in [0.2, 0.25) is 5.91 Å². The number of nitrogens with one attached hydrogen (secondary N) is 1. The van der Waals surface area contributed by atoms with E-state index in [1.807, 2.05) is 26.8 Å². The van der Waals surface area contributed by atoms with E-state index in [4.69, 9.17) is 9.84 Å². The van der Waals surface area contributed by atoms with Crippen molar-refractivity contribution in [1.82, 2.24) is 5.32 Å². The van der Waals surface area contributed by atoms with Crippen molar-refractivity contribution >= 4 is 23.2 Å². The van der Waals surface area contributed by atoms with E-state index in [0.29, 0.717) is 0 Å². The Balaban J connectivity index is 2.44. The maximum atomic E-state index is 11.5. The Bertz CT molecular complexity index is 441. The molecule has 0 radical (unpaired) electrons. The lowest BCUT2D eigenvalue weighted by molar-refractivity contribution is -0.143. The summed E-state index contributed by atoms with van der Waals surface area (Å²) in [4.78, 5) is 24.1. The van der Waals surface area contributed by atoms with Crippen LogP contribution in [0.2, 0.25) is 0 Å². The lowest BCUT2D eigenvalue weighted by Gasteiger charge is -2.13. The largest absolute Gasteiger partial charge is 0.480 e. The van der Waals surface area contributed by atoms with E-state index in [1.165, 1.54) is 9.75 Å². The normalized spacial score (nSPS) is 12.2. The minimum absolute atomic E-state index is 0.101. The Kier molecular flexibility index (Phi) is 5.30. The number of ether oxygens (including phenoxy) is 1.